The Labute approximate surface area is 127 Å². The van der Waals surface area contributed by atoms with Gasteiger partial charge in [-0.25, -0.2) is 4.39 Å². The Kier molecular flexibility index (Phi) is 3.67. The molecule has 2 aromatic rings. The van der Waals surface area contributed by atoms with Crippen LogP contribution in [0.4, 0.5) is 4.39 Å². The number of carbonyl (C=O) groups excluding carboxylic acids is 2. The van der Waals surface area contributed by atoms with Gasteiger partial charge in [0.15, 0.2) is 11.6 Å². The van der Waals surface area contributed by atoms with Crippen LogP contribution in [0.5, 0.6) is 0 Å². The molecule has 0 saturated carbocycles. The molecule has 2 aromatic carbocycles. The SMILES string of the molecule is CC(=NCc1ccc(F)cc1)C1C(=O)c2ccccc2C1=O. The normalized spacial score (nSPS) is 15.3. The van der Waals surface area contributed by atoms with E-state index in [9.17, 15) is 14.0 Å². The van der Waals surface area contributed by atoms with E-state index in [-0.39, 0.29) is 17.4 Å². The highest BCUT2D eigenvalue weighted by atomic mass is 19.1. The number of carbonyl (C=O) groups is 2. The molecule has 0 aromatic heterocycles. The Balaban J connectivity index is 1.82. The third-order valence-corrected chi connectivity index (χ3v) is 3.82. The maximum absolute atomic E-state index is 12.9. The molecule has 0 fully saturated rings. The van der Waals surface area contributed by atoms with Crippen LogP contribution in [-0.4, -0.2) is 17.3 Å². The lowest BCUT2D eigenvalue weighted by molar-refractivity contribution is 0.0883. The Hall–Kier alpha value is -2.62. The summed E-state index contributed by atoms with van der Waals surface area (Å²) in [5.74, 6) is -1.51. The maximum atomic E-state index is 12.9. The molecule has 0 saturated heterocycles. The van der Waals surface area contributed by atoms with E-state index in [4.69, 9.17) is 0 Å². The minimum absolute atomic E-state index is 0.194. The van der Waals surface area contributed by atoms with Crippen LogP contribution in [-0.2, 0) is 6.54 Å². The Morgan fingerprint density at radius 3 is 2.09 bits per heavy atom. The first-order chi connectivity index (χ1) is 10.6. The molecule has 4 heteroatoms. The average molecular weight is 295 g/mol. The van der Waals surface area contributed by atoms with E-state index in [0.29, 0.717) is 23.4 Å². The van der Waals surface area contributed by atoms with Crippen molar-refractivity contribution >= 4 is 17.3 Å². The summed E-state index contributed by atoms with van der Waals surface area (Å²) < 4.78 is 12.9. The molecule has 0 atom stereocenters. The van der Waals surface area contributed by atoms with Crippen LogP contribution in [0.1, 0.15) is 33.2 Å². The standard InChI is InChI=1S/C18H14FNO2/c1-11(20-10-12-6-8-13(19)9-7-12)16-17(21)14-4-2-3-5-15(14)18(16)22/h2-9,16H,10H2,1H3. The summed E-state index contributed by atoms with van der Waals surface area (Å²) >= 11 is 0. The van der Waals surface area contributed by atoms with Crippen molar-refractivity contribution < 1.29 is 14.0 Å². The topological polar surface area (TPSA) is 46.5 Å². The van der Waals surface area contributed by atoms with Gasteiger partial charge in [-0.15, -0.1) is 0 Å². The van der Waals surface area contributed by atoms with Crippen molar-refractivity contribution in [2.75, 3.05) is 0 Å². The van der Waals surface area contributed by atoms with Crippen molar-refractivity contribution in [2.24, 2.45) is 10.9 Å². The molecule has 3 rings (SSSR count). The molecule has 0 aliphatic heterocycles. The summed E-state index contributed by atoms with van der Waals surface area (Å²) in [4.78, 5) is 29.0. The zero-order valence-electron chi connectivity index (χ0n) is 12.0. The van der Waals surface area contributed by atoms with Gasteiger partial charge < -0.3 is 0 Å². The lowest BCUT2D eigenvalue weighted by Crippen LogP contribution is -2.23. The molecule has 0 N–H and O–H groups in total. The summed E-state index contributed by atoms with van der Waals surface area (Å²) in [7, 11) is 0. The van der Waals surface area contributed by atoms with Crippen molar-refractivity contribution in [3.63, 3.8) is 0 Å². The van der Waals surface area contributed by atoms with Gasteiger partial charge in [0.25, 0.3) is 0 Å². The summed E-state index contributed by atoms with van der Waals surface area (Å²) in [5, 5.41) is 0. The number of fused-ring (bicyclic) bond motifs is 1. The third kappa shape index (κ3) is 2.48. The second kappa shape index (κ2) is 5.64. The molecule has 1 aliphatic rings. The minimum atomic E-state index is -0.821. The van der Waals surface area contributed by atoms with Gasteiger partial charge in [0.1, 0.15) is 11.7 Å². The fourth-order valence-electron chi connectivity index (χ4n) is 2.62. The van der Waals surface area contributed by atoms with Gasteiger partial charge in [0.2, 0.25) is 0 Å². The van der Waals surface area contributed by atoms with Crippen LogP contribution in [0.15, 0.2) is 53.5 Å². The molecular formula is C18H14FNO2. The number of nitrogens with zero attached hydrogens (tertiary/aromatic N) is 1. The molecule has 110 valence electrons. The number of halogens is 1. The van der Waals surface area contributed by atoms with Gasteiger partial charge in [-0.2, -0.15) is 0 Å². The van der Waals surface area contributed by atoms with E-state index in [2.05, 4.69) is 4.99 Å². The van der Waals surface area contributed by atoms with Crippen molar-refractivity contribution in [1.82, 2.24) is 0 Å². The highest BCUT2D eigenvalue weighted by Gasteiger charge is 2.39. The summed E-state index contributed by atoms with van der Waals surface area (Å²) in [6.07, 6.45) is 0. The predicted octanol–water partition coefficient (Wildman–Crippen LogP) is 3.48. The number of benzene rings is 2. The molecule has 3 nitrogen and oxygen atoms in total. The lowest BCUT2D eigenvalue weighted by atomic mass is 9.99. The molecule has 0 bridgehead atoms. The highest BCUT2D eigenvalue weighted by molar-refractivity contribution is 6.36. The van der Waals surface area contributed by atoms with Crippen molar-refractivity contribution in [1.29, 1.82) is 0 Å². The summed E-state index contributed by atoms with van der Waals surface area (Å²) in [6.45, 7) is 2.01. The zero-order valence-corrected chi connectivity index (χ0v) is 12.0. The first-order valence-electron chi connectivity index (χ1n) is 7.01. The van der Waals surface area contributed by atoms with Gasteiger partial charge in [0.05, 0.1) is 6.54 Å². The first-order valence-corrected chi connectivity index (χ1v) is 7.01. The molecular weight excluding hydrogens is 281 g/mol. The highest BCUT2D eigenvalue weighted by Crippen LogP contribution is 2.27. The van der Waals surface area contributed by atoms with E-state index in [1.54, 1.807) is 43.3 Å². The van der Waals surface area contributed by atoms with Crippen LogP contribution >= 0.6 is 0 Å². The minimum Gasteiger partial charge on any atom is -0.293 e. The average Bonchev–Trinajstić information content (AvgIpc) is 2.79. The van der Waals surface area contributed by atoms with E-state index < -0.39 is 5.92 Å². The van der Waals surface area contributed by atoms with Gasteiger partial charge >= 0.3 is 0 Å². The second-order valence-electron chi connectivity index (χ2n) is 5.29. The number of hydrogen-bond acceptors (Lipinski definition) is 3. The summed E-state index contributed by atoms with van der Waals surface area (Å²) in [5.41, 5.74) is 2.26. The van der Waals surface area contributed by atoms with E-state index in [1.807, 2.05) is 0 Å². The van der Waals surface area contributed by atoms with Crippen molar-refractivity contribution in [3.05, 3.63) is 71.0 Å². The first kappa shape index (κ1) is 14.3. The van der Waals surface area contributed by atoms with E-state index in [0.717, 1.165) is 5.56 Å². The maximum Gasteiger partial charge on any atom is 0.180 e. The number of aliphatic imine (C=N–C) groups is 1. The third-order valence-electron chi connectivity index (χ3n) is 3.82. The summed E-state index contributed by atoms with van der Waals surface area (Å²) in [6, 6.07) is 12.8. The Bertz CT molecular complexity index is 743. The lowest BCUT2D eigenvalue weighted by Gasteiger charge is -2.06. The molecule has 0 spiro atoms. The smallest absolute Gasteiger partial charge is 0.180 e. The number of rotatable bonds is 3. The van der Waals surface area contributed by atoms with Gasteiger partial charge in [-0.1, -0.05) is 36.4 Å². The van der Waals surface area contributed by atoms with Gasteiger partial charge in [-0.3, -0.25) is 14.6 Å². The quantitative estimate of drug-likeness (QED) is 0.643. The number of hydrogen-bond donors (Lipinski definition) is 0. The van der Waals surface area contributed by atoms with Crippen molar-refractivity contribution in [2.45, 2.75) is 13.5 Å². The monoisotopic (exact) mass is 295 g/mol. The Morgan fingerprint density at radius 2 is 1.55 bits per heavy atom. The molecule has 0 unspecified atom stereocenters. The van der Waals surface area contributed by atoms with Crippen LogP contribution in [0.2, 0.25) is 0 Å². The molecule has 0 radical (unpaired) electrons. The van der Waals surface area contributed by atoms with Crippen molar-refractivity contribution in [3.8, 4) is 0 Å². The fourth-order valence-corrected chi connectivity index (χ4v) is 2.62. The Morgan fingerprint density at radius 1 is 1.00 bits per heavy atom. The predicted molar refractivity (Wildman–Crippen MR) is 81.8 cm³/mol. The van der Waals surface area contributed by atoms with Crippen LogP contribution < -0.4 is 0 Å². The largest absolute Gasteiger partial charge is 0.293 e. The molecule has 1 aliphatic carbocycles. The van der Waals surface area contributed by atoms with E-state index in [1.165, 1.54) is 12.1 Å². The van der Waals surface area contributed by atoms with Gasteiger partial charge in [0, 0.05) is 16.8 Å². The van der Waals surface area contributed by atoms with Gasteiger partial charge in [-0.05, 0) is 24.6 Å². The van der Waals surface area contributed by atoms with Crippen LogP contribution in [0.25, 0.3) is 0 Å². The molecule has 22 heavy (non-hydrogen) atoms. The van der Waals surface area contributed by atoms with Crippen LogP contribution in [0, 0.1) is 11.7 Å². The zero-order chi connectivity index (χ0) is 15.7. The van der Waals surface area contributed by atoms with Crippen LogP contribution in [0.3, 0.4) is 0 Å². The number of Topliss-reactive ketones (excluding diaryl/α,β-unsaturated/α-hetero) is 2. The molecule has 0 amide bonds. The fraction of sp³-hybridized carbons (Fsp3) is 0.167. The molecule has 0 heterocycles. The second-order valence-corrected chi connectivity index (χ2v) is 5.29. The number of ketones is 2. The van der Waals surface area contributed by atoms with E-state index >= 15 is 0 Å².